The second-order valence-electron chi connectivity index (χ2n) is 12.1. The molecule has 10 aromatic rings. The zero-order chi connectivity index (χ0) is 30.4. The van der Waals surface area contributed by atoms with Crippen LogP contribution >= 0.6 is 0 Å². The van der Waals surface area contributed by atoms with Gasteiger partial charge in [0.1, 0.15) is 0 Å². The molecule has 0 spiro atoms. The summed E-state index contributed by atoms with van der Waals surface area (Å²) in [5.41, 5.74) is 10.1. The number of hydrogen-bond acceptors (Lipinski definition) is 1. The highest BCUT2D eigenvalue weighted by Gasteiger charge is 2.19. The second-order valence-corrected chi connectivity index (χ2v) is 12.1. The zero-order valence-electron chi connectivity index (χ0n) is 24.8. The average molecular weight is 587 g/mol. The van der Waals surface area contributed by atoms with Gasteiger partial charge in [0.15, 0.2) is 0 Å². The third-order valence-electron chi connectivity index (χ3n) is 9.67. The van der Waals surface area contributed by atoms with Crippen LogP contribution in [0.25, 0.3) is 87.7 Å². The summed E-state index contributed by atoms with van der Waals surface area (Å²) in [6, 6.07) is 55.6. The highest BCUT2D eigenvalue weighted by molar-refractivity contribution is 6.21. The van der Waals surface area contributed by atoms with E-state index in [2.05, 4.69) is 138 Å². The third-order valence-corrected chi connectivity index (χ3v) is 9.67. The molecule has 0 radical (unpaired) electrons. The molecule has 0 aliphatic carbocycles. The van der Waals surface area contributed by atoms with Gasteiger partial charge in [0.2, 0.25) is 0 Å². The fourth-order valence-electron chi connectivity index (χ4n) is 7.67. The summed E-state index contributed by atoms with van der Waals surface area (Å²) in [6.07, 6.45) is 0. The summed E-state index contributed by atoms with van der Waals surface area (Å²) >= 11 is 0. The molecule has 3 heteroatoms. The van der Waals surface area contributed by atoms with E-state index in [0.717, 1.165) is 60.3 Å². The quantitative estimate of drug-likeness (QED) is 0.189. The van der Waals surface area contributed by atoms with Gasteiger partial charge in [-0.15, -0.1) is 0 Å². The Morgan fingerprint density at radius 1 is 0.370 bits per heavy atom. The molecule has 0 aliphatic rings. The molecule has 7 aromatic carbocycles. The Labute approximate surface area is 264 Å². The Balaban J connectivity index is 1.19. The van der Waals surface area contributed by atoms with Crippen molar-refractivity contribution in [2.45, 2.75) is 0 Å². The molecule has 0 N–H and O–H groups in total. The number of nitrogens with zero attached hydrogens (tertiary/aromatic N) is 2. The molecule has 0 amide bonds. The average Bonchev–Trinajstić information content (AvgIpc) is 3.64. The van der Waals surface area contributed by atoms with Crippen molar-refractivity contribution < 1.29 is 0 Å². The van der Waals surface area contributed by atoms with E-state index in [4.69, 9.17) is 0 Å². The normalized spacial score (nSPS) is 12.0. The number of hydrogen-bond donors (Lipinski definition) is 0. The van der Waals surface area contributed by atoms with Crippen LogP contribution in [0.4, 0.5) is 0 Å². The number of para-hydroxylation sites is 3. The predicted octanol–water partition coefficient (Wildman–Crippen LogP) is 10.6. The molecule has 0 atom stereocenters. The molecule has 0 bridgehead atoms. The van der Waals surface area contributed by atoms with Crippen LogP contribution in [0.3, 0.4) is 0 Å². The van der Waals surface area contributed by atoms with Crippen molar-refractivity contribution in [3.05, 3.63) is 168 Å². The smallest absolute Gasteiger partial charge is 0.263 e. The number of rotatable bonds is 3. The fourth-order valence-corrected chi connectivity index (χ4v) is 7.67. The largest absolute Gasteiger partial charge is 0.309 e. The van der Waals surface area contributed by atoms with E-state index in [9.17, 15) is 4.79 Å². The summed E-state index contributed by atoms with van der Waals surface area (Å²) in [4.78, 5) is 13.8. The van der Waals surface area contributed by atoms with Crippen molar-refractivity contribution in [2.24, 2.45) is 0 Å². The molecule has 0 unspecified atom stereocenters. The maximum absolute atomic E-state index is 13.8. The van der Waals surface area contributed by atoms with E-state index < -0.39 is 0 Å². The van der Waals surface area contributed by atoms with Gasteiger partial charge in [0.25, 0.3) is 5.56 Å². The summed E-state index contributed by atoms with van der Waals surface area (Å²) in [7, 11) is 0. The summed E-state index contributed by atoms with van der Waals surface area (Å²) in [5.74, 6) is 0. The molecule has 0 saturated heterocycles. The van der Waals surface area contributed by atoms with Crippen molar-refractivity contribution in [1.29, 1.82) is 0 Å². The lowest BCUT2D eigenvalue weighted by Crippen LogP contribution is -2.12. The van der Waals surface area contributed by atoms with E-state index in [-0.39, 0.29) is 5.56 Å². The fraction of sp³-hybridized carbons (Fsp3) is 0. The molecule has 3 heterocycles. The van der Waals surface area contributed by atoms with Gasteiger partial charge in [-0.3, -0.25) is 9.20 Å². The van der Waals surface area contributed by atoms with Gasteiger partial charge in [-0.25, -0.2) is 0 Å². The van der Waals surface area contributed by atoms with Gasteiger partial charge in [-0.2, -0.15) is 0 Å². The molecule has 0 fully saturated rings. The van der Waals surface area contributed by atoms with Crippen molar-refractivity contribution in [1.82, 2.24) is 8.97 Å². The number of pyridine rings is 1. The molecule has 0 saturated carbocycles. The van der Waals surface area contributed by atoms with E-state index in [0.29, 0.717) is 0 Å². The van der Waals surface area contributed by atoms with Gasteiger partial charge < -0.3 is 4.57 Å². The van der Waals surface area contributed by atoms with Crippen LogP contribution in [-0.2, 0) is 0 Å². The van der Waals surface area contributed by atoms with Crippen LogP contribution in [-0.4, -0.2) is 8.97 Å². The predicted molar refractivity (Wildman–Crippen MR) is 193 cm³/mol. The van der Waals surface area contributed by atoms with Gasteiger partial charge in [-0.05, 0) is 76.2 Å². The first-order chi connectivity index (χ1) is 22.8. The second kappa shape index (κ2) is 9.40. The van der Waals surface area contributed by atoms with Crippen LogP contribution in [0.5, 0.6) is 0 Å². The molecular formula is C43H26N2O. The lowest BCUT2D eigenvalue weighted by atomic mass is 9.92. The van der Waals surface area contributed by atoms with Gasteiger partial charge in [0, 0.05) is 38.0 Å². The summed E-state index contributed by atoms with van der Waals surface area (Å²) in [6.45, 7) is 0. The number of fused-ring (bicyclic) bond motifs is 8. The van der Waals surface area contributed by atoms with E-state index in [1.165, 1.54) is 27.4 Å². The van der Waals surface area contributed by atoms with Gasteiger partial charge in [0.05, 0.1) is 22.1 Å². The zero-order valence-corrected chi connectivity index (χ0v) is 24.8. The first kappa shape index (κ1) is 25.2. The minimum absolute atomic E-state index is 0.0331. The van der Waals surface area contributed by atoms with Crippen molar-refractivity contribution >= 4 is 59.8 Å². The maximum atomic E-state index is 13.8. The molecule has 214 valence electrons. The van der Waals surface area contributed by atoms with E-state index in [1.54, 1.807) is 0 Å². The van der Waals surface area contributed by atoms with Crippen LogP contribution < -0.4 is 5.56 Å². The standard InChI is InChI=1S/C43H26N2O/c46-43-36-17-4-3-13-32(36)37-25-28(26-38-35-16-7-10-20-41(35)45(43)42(37)38)31-12-2-1-11-30(31)27-21-23-29(24-22-27)44-39-18-8-5-14-33(39)34-15-6-9-19-40(34)44/h1-26H. The lowest BCUT2D eigenvalue weighted by molar-refractivity contribution is 1.18. The topological polar surface area (TPSA) is 26.4 Å². The van der Waals surface area contributed by atoms with Gasteiger partial charge in [-0.1, -0.05) is 109 Å². The van der Waals surface area contributed by atoms with Crippen LogP contribution in [0.15, 0.2) is 163 Å². The summed E-state index contributed by atoms with van der Waals surface area (Å²) < 4.78 is 4.26. The molecule has 10 rings (SSSR count). The highest BCUT2D eigenvalue weighted by Crippen LogP contribution is 2.41. The minimum Gasteiger partial charge on any atom is -0.309 e. The van der Waals surface area contributed by atoms with Crippen LogP contribution in [0.2, 0.25) is 0 Å². The Bertz CT molecular complexity index is 2820. The maximum Gasteiger partial charge on any atom is 0.263 e. The molecule has 3 nitrogen and oxygen atoms in total. The molecule has 0 aliphatic heterocycles. The minimum atomic E-state index is 0.0331. The van der Waals surface area contributed by atoms with E-state index >= 15 is 0 Å². The first-order valence-corrected chi connectivity index (χ1v) is 15.7. The van der Waals surface area contributed by atoms with Crippen molar-refractivity contribution in [2.75, 3.05) is 0 Å². The van der Waals surface area contributed by atoms with Crippen molar-refractivity contribution in [3.8, 4) is 27.9 Å². The Morgan fingerprint density at radius 3 is 1.46 bits per heavy atom. The highest BCUT2D eigenvalue weighted by atomic mass is 16.1. The van der Waals surface area contributed by atoms with Crippen molar-refractivity contribution in [3.63, 3.8) is 0 Å². The Morgan fingerprint density at radius 2 is 0.826 bits per heavy atom. The first-order valence-electron chi connectivity index (χ1n) is 15.7. The third kappa shape index (κ3) is 3.40. The molecule has 3 aromatic heterocycles. The van der Waals surface area contributed by atoms with Crippen LogP contribution in [0.1, 0.15) is 0 Å². The number of benzene rings is 7. The molecular weight excluding hydrogens is 560 g/mol. The van der Waals surface area contributed by atoms with E-state index in [1.807, 2.05) is 28.7 Å². The molecule has 46 heavy (non-hydrogen) atoms. The Kier molecular flexibility index (Phi) is 5.15. The monoisotopic (exact) mass is 586 g/mol. The lowest BCUT2D eigenvalue weighted by Gasteiger charge is -2.14. The Hall–Kier alpha value is -6.19. The van der Waals surface area contributed by atoms with Crippen LogP contribution in [0, 0.1) is 0 Å². The summed E-state index contributed by atoms with van der Waals surface area (Å²) in [5, 5.41) is 7.53. The number of aromatic nitrogens is 2. The SMILES string of the molecule is O=c1c2ccccc2c2cc(-c3ccccc3-c3ccc(-n4c5ccccc5c5ccccc54)cc3)cc3c4ccccc4n1c23. The van der Waals surface area contributed by atoms with Gasteiger partial charge >= 0.3 is 0 Å².